The average Bonchev–Trinajstić information content (AvgIpc) is 2.76. The molecule has 104 valence electrons. The summed E-state index contributed by atoms with van der Waals surface area (Å²) in [6, 6.07) is 0. The Hall–Kier alpha value is 0.0669. The van der Waals surface area contributed by atoms with E-state index in [2.05, 4.69) is 39.9 Å². The van der Waals surface area contributed by atoms with E-state index in [1.165, 1.54) is 0 Å². The summed E-state index contributed by atoms with van der Waals surface area (Å²) in [6.45, 7) is 11.4. The summed E-state index contributed by atoms with van der Waals surface area (Å²) in [5, 5.41) is 2.11. The summed E-state index contributed by atoms with van der Waals surface area (Å²) in [4.78, 5) is 0. The second-order valence-corrected chi connectivity index (χ2v) is 13.6. The third-order valence-corrected chi connectivity index (χ3v) is 11.3. The summed E-state index contributed by atoms with van der Waals surface area (Å²) in [6.07, 6.45) is 6.54. The molecule has 0 aromatic heterocycles. The van der Waals surface area contributed by atoms with Crippen molar-refractivity contribution in [1.82, 2.24) is 0 Å². The average molecular weight is 287 g/mol. The summed E-state index contributed by atoms with van der Waals surface area (Å²) >= 11 is 0. The van der Waals surface area contributed by atoms with Crippen molar-refractivity contribution in [2.75, 3.05) is 0 Å². The topological polar surface area (TPSA) is 26.3 Å². The Morgan fingerprint density at radius 1 is 1.39 bits per heavy atom. The fourth-order valence-electron chi connectivity index (χ4n) is 2.73. The molecular weight excluding hydrogens is 260 g/mol. The predicted molar refractivity (Wildman–Crippen MR) is 80.6 cm³/mol. The summed E-state index contributed by atoms with van der Waals surface area (Å²) in [5.41, 5.74) is 0. The predicted octanol–water partition coefficient (Wildman–Crippen LogP) is 3.97. The van der Waals surface area contributed by atoms with E-state index in [1.807, 2.05) is 5.41 Å². The van der Waals surface area contributed by atoms with Gasteiger partial charge in [0, 0.05) is 0 Å². The van der Waals surface area contributed by atoms with Gasteiger partial charge in [-0.3, -0.25) is 4.21 Å². The number of hydrogen-bond donors (Lipinski definition) is 0. The molecule has 1 aliphatic heterocycles. The van der Waals surface area contributed by atoms with Gasteiger partial charge in [0.1, 0.15) is 0 Å². The van der Waals surface area contributed by atoms with E-state index in [-0.39, 0.29) is 15.9 Å². The van der Waals surface area contributed by atoms with Gasteiger partial charge in [0.25, 0.3) is 0 Å². The normalized spacial score (nSPS) is 36.7. The molecule has 2 rings (SSSR count). The molecule has 0 radical (unpaired) electrons. The molecule has 2 nitrogen and oxygen atoms in total. The third kappa shape index (κ3) is 2.27. The van der Waals surface area contributed by atoms with E-state index in [0.29, 0.717) is 0 Å². The third-order valence-electron chi connectivity index (χ3n) is 4.98. The van der Waals surface area contributed by atoms with Crippen LogP contribution in [0.3, 0.4) is 0 Å². The molecule has 2 aliphatic rings. The van der Waals surface area contributed by atoms with Crippen molar-refractivity contribution in [3.8, 4) is 0 Å². The standard InChI is InChI=1S/C14H26O2SSi/c1-13(2,3)18(4,5)16-12-8-6-9-14(12)10-7-11-17(14)15/h7,11-12H,6,8-10H2,1-5H3/t12-,14-,17+/m1/s1. The van der Waals surface area contributed by atoms with Crippen molar-refractivity contribution in [1.29, 1.82) is 0 Å². The van der Waals surface area contributed by atoms with Gasteiger partial charge in [-0.2, -0.15) is 0 Å². The summed E-state index contributed by atoms with van der Waals surface area (Å²) in [7, 11) is -2.59. The van der Waals surface area contributed by atoms with Gasteiger partial charge in [-0.25, -0.2) is 0 Å². The summed E-state index contributed by atoms with van der Waals surface area (Å²) < 4.78 is 18.8. The van der Waals surface area contributed by atoms with Crippen LogP contribution >= 0.6 is 0 Å². The van der Waals surface area contributed by atoms with Gasteiger partial charge in [-0.05, 0) is 49.2 Å². The molecule has 4 heteroatoms. The highest BCUT2D eigenvalue weighted by Gasteiger charge is 2.52. The highest BCUT2D eigenvalue weighted by atomic mass is 32.2. The van der Waals surface area contributed by atoms with Crippen molar-refractivity contribution in [3.05, 3.63) is 11.5 Å². The Morgan fingerprint density at radius 2 is 2.06 bits per heavy atom. The molecule has 1 aliphatic carbocycles. The van der Waals surface area contributed by atoms with Crippen LogP contribution in [0.15, 0.2) is 11.5 Å². The zero-order valence-corrected chi connectivity index (χ0v) is 14.1. The lowest BCUT2D eigenvalue weighted by atomic mass is 10.0. The molecule has 1 saturated carbocycles. The van der Waals surface area contributed by atoms with Crippen LogP contribution in [0, 0.1) is 0 Å². The first-order valence-corrected chi connectivity index (χ1v) is 11.1. The summed E-state index contributed by atoms with van der Waals surface area (Å²) in [5.74, 6) is 0. The van der Waals surface area contributed by atoms with Gasteiger partial charge in [0.15, 0.2) is 8.32 Å². The van der Waals surface area contributed by atoms with Crippen LogP contribution in [-0.2, 0) is 15.2 Å². The Balaban J connectivity index is 2.17. The minimum Gasteiger partial charge on any atom is -0.412 e. The van der Waals surface area contributed by atoms with Crippen LogP contribution in [0.5, 0.6) is 0 Å². The van der Waals surface area contributed by atoms with Gasteiger partial charge in [0.05, 0.1) is 21.7 Å². The van der Waals surface area contributed by atoms with Crippen molar-refractivity contribution < 1.29 is 8.63 Å². The van der Waals surface area contributed by atoms with E-state index < -0.39 is 19.1 Å². The molecule has 0 N–H and O–H groups in total. The maximum Gasteiger partial charge on any atom is 0.192 e. The van der Waals surface area contributed by atoms with E-state index in [0.717, 1.165) is 25.7 Å². The molecule has 0 saturated heterocycles. The fourth-order valence-corrected chi connectivity index (χ4v) is 5.79. The quantitative estimate of drug-likeness (QED) is 0.718. The first-order valence-electron chi connectivity index (χ1n) is 6.94. The van der Waals surface area contributed by atoms with Crippen LogP contribution in [-0.4, -0.2) is 23.4 Å². The maximum atomic E-state index is 12.3. The van der Waals surface area contributed by atoms with Crippen molar-refractivity contribution in [2.45, 2.75) is 75.4 Å². The largest absolute Gasteiger partial charge is 0.412 e. The Morgan fingerprint density at radius 3 is 2.56 bits per heavy atom. The zero-order chi connectivity index (χ0) is 13.6. The molecule has 1 fully saturated rings. The molecule has 0 aromatic carbocycles. The molecular formula is C14H26O2SSi. The maximum absolute atomic E-state index is 12.3. The molecule has 0 unspecified atom stereocenters. The Labute approximate surface area is 115 Å². The Bertz CT molecular complexity index is 384. The molecule has 18 heavy (non-hydrogen) atoms. The first-order chi connectivity index (χ1) is 8.19. The van der Waals surface area contributed by atoms with Gasteiger partial charge in [0.2, 0.25) is 0 Å². The molecule has 0 aromatic rings. The number of hydrogen-bond acceptors (Lipinski definition) is 2. The van der Waals surface area contributed by atoms with Crippen LogP contribution in [0.2, 0.25) is 18.1 Å². The molecule has 1 spiro atoms. The number of rotatable bonds is 2. The molecule has 0 bridgehead atoms. The van der Waals surface area contributed by atoms with Gasteiger partial charge >= 0.3 is 0 Å². The molecule has 1 heterocycles. The monoisotopic (exact) mass is 286 g/mol. The molecule has 0 amide bonds. The lowest BCUT2D eigenvalue weighted by Crippen LogP contribution is -2.50. The van der Waals surface area contributed by atoms with Gasteiger partial charge in [-0.15, -0.1) is 0 Å². The first kappa shape index (κ1) is 14.5. The highest BCUT2D eigenvalue weighted by Crippen LogP contribution is 2.47. The second-order valence-electron chi connectivity index (χ2n) is 7.20. The van der Waals surface area contributed by atoms with E-state index >= 15 is 0 Å². The lowest BCUT2D eigenvalue weighted by molar-refractivity contribution is 0.157. The lowest BCUT2D eigenvalue weighted by Gasteiger charge is -2.42. The van der Waals surface area contributed by atoms with Crippen molar-refractivity contribution >= 4 is 19.1 Å². The fraction of sp³-hybridized carbons (Fsp3) is 0.857. The number of allylic oxidation sites excluding steroid dienone is 1. The zero-order valence-electron chi connectivity index (χ0n) is 12.3. The SMILES string of the molecule is CC(C)(C)[Si](C)(C)O[C@@H]1CCC[C@@]12CC=C[S@@]2=O. The van der Waals surface area contributed by atoms with Crippen LogP contribution < -0.4 is 0 Å². The minimum absolute atomic E-state index is 0.0878. The smallest absolute Gasteiger partial charge is 0.192 e. The van der Waals surface area contributed by atoms with Gasteiger partial charge in [-0.1, -0.05) is 26.8 Å². The van der Waals surface area contributed by atoms with Crippen LogP contribution in [0.1, 0.15) is 46.5 Å². The van der Waals surface area contributed by atoms with Gasteiger partial charge < -0.3 is 4.43 Å². The van der Waals surface area contributed by atoms with E-state index in [4.69, 9.17) is 4.43 Å². The Kier molecular flexibility index (Phi) is 3.67. The van der Waals surface area contributed by atoms with Crippen LogP contribution in [0.4, 0.5) is 0 Å². The van der Waals surface area contributed by atoms with E-state index in [9.17, 15) is 4.21 Å². The minimum atomic E-state index is -1.76. The molecule has 3 atom stereocenters. The second kappa shape index (κ2) is 4.56. The van der Waals surface area contributed by atoms with E-state index in [1.54, 1.807) is 0 Å². The highest BCUT2D eigenvalue weighted by molar-refractivity contribution is 7.89. The van der Waals surface area contributed by atoms with Crippen LogP contribution in [0.25, 0.3) is 0 Å². The van der Waals surface area contributed by atoms with Crippen molar-refractivity contribution in [3.63, 3.8) is 0 Å². The van der Waals surface area contributed by atoms with Crippen molar-refractivity contribution in [2.24, 2.45) is 0 Å².